The minimum Gasteiger partial charge on any atom is -0.396 e. The molecule has 1 aliphatic rings. The molecule has 0 aliphatic carbocycles. The molecule has 0 amide bonds. The summed E-state index contributed by atoms with van der Waals surface area (Å²) in [4.78, 5) is 0. The molecule has 6 heteroatoms. The Morgan fingerprint density at radius 3 is 1.90 bits per heavy atom. The van der Waals surface area contributed by atoms with Crippen LogP contribution in [-0.2, 0) is 10.2 Å². The third kappa shape index (κ3) is 4.98. The van der Waals surface area contributed by atoms with Crippen LogP contribution in [0.1, 0.15) is 40.5 Å². The second-order valence-electron chi connectivity index (χ2n) is 6.64. The summed E-state index contributed by atoms with van der Waals surface area (Å²) >= 11 is 0. The third-order valence-corrected chi connectivity index (χ3v) is 5.59. The highest BCUT2D eigenvalue weighted by atomic mass is 32.2. The molecule has 0 saturated carbocycles. The minimum atomic E-state index is -3.36. The number of aliphatic hydroxyl groups is 1. The van der Waals surface area contributed by atoms with Crippen molar-refractivity contribution in [1.82, 2.24) is 8.61 Å². The van der Waals surface area contributed by atoms with E-state index in [4.69, 9.17) is 5.11 Å². The SMILES string of the molecule is CC(C)CN(CC(C)C)S(=O)(=O)N1CCC(CO)CC1. The van der Waals surface area contributed by atoms with Gasteiger partial charge in [-0.3, -0.25) is 0 Å². The van der Waals surface area contributed by atoms with Crippen molar-refractivity contribution in [3.8, 4) is 0 Å². The van der Waals surface area contributed by atoms with Crippen LogP contribution in [0.15, 0.2) is 0 Å². The van der Waals surface area contributed by atoms with Crippen LogP contribution < -0.4 is 0 Å². The standard InChI is InChI=1S/C14H30N2O3S/c1-12(2)9-16(10-13(3)4)20(18,19)15-7-5-14(11-17)6-8-15/h12-14,17H,5-11H2,1-4H3. The molecule has 1 fully saturated rings. The lowest BCUT2D eigenvalue weighted by Gasteiger charge is -2.35. The van der Waals surface area contributed by atoms with Crippen molar-refractivity contribution in [2.75, 3.05) is 32.8 Å². The van der Waals surface area contributed by atoms with Crippen LogP contribution in [-0.4, -0.2) is 54.9 Å². The number of hydrogen-bond donors (Lipinski definition) is 1. The van der Waals surface area contributed by atoms with E-state index >= 15 is 0 Å². The summed E-state index contributed by atoms with van der Waals surface area (Å²) in [5.74, 6) is 0.891. The molecule has 20 heavy (non-hydrogen) atoms. The Balaban J connectivity index is 2.76. The summed E-state index contributed by atoms with van der Waals surface area (Å²) in [6, 6.07) is 0. The summed E-state index contributed by atoms with van der Waals surface area (Å²) in [6.07, 6.45) is 1.51. The van der Waals surface area contributed by atoms with Gasteiger partial charge in [0.25, 0.3) is 10.2 Å². The van der Waals surface area contributed by atoms with E-state index in [0.29, 0.717) is 38.0 Å². The zero-order chi connectivity index (χ0) is 15.3. The smallest absolute Gasteiger partial charge is 0.281 e. The van der Waals surface area contributed by atoms with E-state index in [2.05, 4.69) is 0 Å². The van der Waals surface area contributed by atoms with Crippen LogP contribution in [0, 0.1) is 17.8 Å². The number of rotatable bonds is 7. The van der Waals surface area contributed by atoms with Gasteiger partial charge in [0.1, 0.15) is 0 Å². The fourth-order valence-electron chi connectivity index (χ4n) is 2.56. The van der Waals surface area contributed by atoms with Crippen LogP contribution in [0.5, 0.6) is 0 Å². The maximum atomic E-state index is 12.7. The molecule has 1 N–H and O–H groups in total. The van der Waals surface area contributed by atoms with Gasteiger partial charge < -0.3 is 5.11 Å². The van der Waals surface area contributed by atoms with Gasteiger partial charge in [-0.05, 0) is 30.6 Å². The molecule has 1 rings (SSSR count). The Kier molecular flexibility index (Phi) is 6.91. The van der Waals surface area contributed by atoms with Crippen molar-refractivity contribution in [1.29, 1.82) is 0 Å². The van der Waals surface area contributed by atoms with Crippen molar-refractivity contribution in [3.63, 3.8) is 0 Å². The van der Waals surface area contributed by atoms with Gasteiger partial charge in [-0.15, -0.1) is 0 Å². The first kappa shape index (κ1) is 17.9. The van der Waals surface area contributed by atoms with E-state index in [0.717, 1.165) is 12.8 Å². The lowest BCUT2D eigenvalue weighted by molar-refractivity contribution is 0.164. The highest BCUT2D eigenvalue weighted by molar-refractivity contribution is 7.86. The molecule has 1 saturated heterocycles. The first-order valence-electron chi connectivity index (χ1n) is 7.63. The summed E-state index contributed by atoms with van der Waals surface area (Å²) in [7, 11) is -3.36. The second-order valence-corrected chi connectivity index (χ2v) is 8.57. The molecule has 5 nitrogen and oxygen atoms in total. The molecule has 0 bridgehead atoms. The monoisotopic (exact) mass is 306 g/mol. The average Bonchev–Trinajstić information content (AvgIpc) is 2.37. The molecular weight excluding hydrogens is 276 g/mol. The Hall–Kier alpha value is -0.170. The van der Waals surface area contributed by atoms with Crippen LogP contribution in [0.3, 0.4) is 0 Å². The van der Waals surface area contributed by atoms with Crippen molar-refractivity contribution >= 4 is 10.2 Å². The van der Waals surface area contributed by atoms with Crippen molar-refractivity contribution in [3.05, 3.63) is 0 Å². The molecular formula is C14H30N2O3S. The summed E-state index contributed by atoms with van der Waals surface area (Å²) in [6.45, 7) is 10.5. The lowest BCUT2D eigenvalue weighted by atomic mass is 10.00. The van der Waals surface area contributed by atoms with Gasteiger partial charge >= 0.3 is 0 Å². The fraction of sp³-hybridized carbons (Fsp3) is 1.00. The van der Waals surface area contributed by atoms with E-state index < -0.39 is 10.2 Å². The van der Waals surface area contributed by atoms with E-state index in [-0.39, 0.29) is 12.5 Å². The lowest BCUT2D eigenvalue weighted by Crippen LogP contribution is -2.49. The quantitative estimate of drug-likeness (QED) is 0.776. The Labute approximate surface area is 124 Å². The highest BCUT2D eigenvalue weighted by Gasteiger charge is 2.33. The third-order valence-electron chi connectivity index (χ3n) is 3.62. The number of hydrogen-bond acceptors (Lipinski definition) is 3. The molecule has 0 aromatic heterocycles. The van der Waals surface area contributed by atoms with Gasteiger partial charge in [0.15, 0.2) is 0 Å². The van der Waals surface area contributed by atoms with E-state index in [9.17, 15) is 8.42 Å². The normalized spacial score (nSPS) is 19.4. The predicted octanol–water partition coefficient (Wildman–Crippen LogP) is 1.55. The van der Waals surface area contributed by atoms with E-state index in [1.54, 1.807) is 8.61 Å². The molecule has 1 aliphatic heterocycles. The molecule has 0 atom stereocenters. The predicted molar refractivity (Wildman–Crippen MR) is 81.6 cm³/mol. The van der Waals surface area contributed by atoms with Gasteiger partial charge in [-0.2, -0.15) is 17.0 Å². The zero-order valence-electron chi connectivity index (χ0n) is 13.2. The fourth-order valence-corrected chi connectivity index (χ4v) is 4.54. The molecule has 1 heterocycles. The molecule has 0 unspecified atom stereocenters. The summed E-state index contributed by atoms with van der Waals surface area (Å²) in [5, 5.41) is 9.15. The Morgan fingerprint density at radius 2 is 1.55 bits per heavy atom. The minimum absolute atomic E-state index is 0.162. The van der Waals surface area contributed by atoms with Crippen molar-refractivity contribution < 1.29 is 13.5 Å². The first-order valence-corrected chi connectivity index (χ1v) is 9.03. The summed E-state index contributed by atoms with van der Waals surface area (Å²) < 4.78 is 28.7. The zero-order valence-corrected chi connectivity index (χ0v) is 14.1. The van der Waals surface area contributed by atoms with Crippen molar-refractivity contribution in [2.45, 2.75) is 40.5 Å². The molecule has 0 aromatic rings. The first-order chi connectivity index (χ1) is 9.27. The summed E-state index contributed by atoms with van der Waals surface area (Å²) in [5.41, 5.74) is 0. The molecule has 0 spiro atoms. The van der Waals surface area contributed by atoms with E-state index in [1.807, 2.05) is 27.7 Å². The molecule has 120 valence electrons. The van der Waals surface area contributed by atoms with E-state index in [1.165, 1.54) is 0 Å². The van der Waals surface area contributed by atoms with Crippen LogP contribution in [0.4, 0.5) is 0 Å². The molecule has 0 aromatic carbocycles. The Bertz CT molecular complexity index is 364. The Morgan fingerprint density at radius 1 is 1.10 bits per heavy atom. The molecule has 0 radical (unpaired) electrons. The van der Waals surface area contributed by atoms with Crippen LogP contribution in [0.25, 0.3) is 0 Å². The van der Waals surface area contributed by atoms with Gasteiger partial charge in [0.05, 0.1) is 0 Å². The van der Waals surface area contributed by atoms with Crippen LogP contribution in [0.2, 0.25) is 0 Å². The number of nitrogens with zero attached hydrogens (tertiary/aromatic N) is 2. The van der Waals surface area contributed by atoms with Crippen molar-refractivity contribution in [2.24, 2.45) is 17.8 Å². The van der Waals surface area contributed by atoms with Gasteiger partial charge in [-0.25, -0.2) is 0 Å². The topological polar surface area (TPSA) is 60.9 Å². The number of piperidine rings is 1. The van der Waals surface area contributed by atoms with Gasteiger partial charge in [0.2, 0.25) is 0 Å². The second kappa shape index (κ2) is 7.73. The highest BCUT2D eigenvalue weighted by Crippen LogP contribution is 2.22. The van der Waals surface area contributed by atoms with Gasteiger partial charge in [-0.1, -0.05) is 27.7 Å². The largest absolute Gasteiger partial charge is 0.396 e. The maximum Gasteiger partial charge on any atom is 0.281 e. The number of aliphatic hydroxyl groups excluding tert-OH is 1. The van der Waals surface area contributed by atoms with Crippen LogP contribution >= 0.6 is 0 Å². The maximum absolute atomic E-state index is 12.7. The average molecular weight is 306 g/mol. The van der Waals surface area contributed by atoms with Gasteiger partial charge in [0, 0.05) is 32.8 Å².